The highest BCUT2D eigenvalue weighted by Gasteiger charge is 2.21. The van der Waals surface area contributed by atoms with Crippen molar-refractivity contribution in [1.29, 1.82) is 0 Å². The minimum atomic E-state index is -0.493. The molecule has 1 aliphatic heterocycles. The first-order chi connectivity index (χ1) is 11.0. The molecule has 6 heteroatoms. The summed E-state index contributed by atoms with van der Waals surface area (Å²) in [5.41, 5.74) is 2.66. The van der Waals surface area contributed by atoms with E-state index in [0.717, 1.165) is 17.3 Å². The maximum absolute atomic E-state index is 13.0. The van der Waals surface area contributed by atoms with E-state index in [2.05, 4.69) is 5.32 Å². The van der Waals surface area contributed by atoms with Gasteiger partial charge in [-0.25, -0.2) is 4.39 Å². The Balaban J connectivity index is 1.83. The van der Waals surface area contributed by atoms with Crippen molar-refractivity contribution in [1.82, 2.24) is 0 Å². The lowest BCUT2D eigenvalue weighted by Crippen LogP contribution is -2.31. The van der Waals surface area contributed by atoms with E-state index in [4.69, 9.17) is 11.6 Å². The van der Waals surface area contributed by atoms with Gasteiger partial charge in [-0.2, -0.15) is 0 Å². The molecule has 2 aromatic rings. The Bertz CT molecular complexity index is 807. The summed E-state index contributed by atoms with van der Waals surface area (Å²) >= 11 is 5.90. The fraction of sp³-hybridized carbons (Fsp3) is 0.176. The molecule has 1 aliphatic rings. The first kappa shape index (κ1) is 15.5. The Hall–Kier alpha value is -2.40. The van der Waals surface area contributed by atoms with Crippen LogP contribution in [0.25, 0.3) is 0 Å². The zero-order valence-corrected chi connectivity index (χ0v) is 13.2. The average molecular weight is 333 g/mol. The molecule has 0 unspecified atom stereocenters. The highest BCUT2D eigenvalue weighted by atomic mass is 35.5. The smallest absolute Gasteiger partial charge is 0.257 e. The number of anilines is 2. The van der Waals surface area contributed by atoms with Crippen molar-refractivity contribution in [2.24, 2.45) is 0 Å². The molecule has 0 aliphatic carbocycles. The largest absolute Gasteiger partial charge is 0.322 e. The second kappa shape index (κ2) is 6.01. The maximum atomic E-state index is 13.0. The lowest BCUT2D eigenvalue weighted by atomic mass is 10.0. The Morgan fingerprint density at radius 2 is 2.00 bits per heavy atom. The molecule has 23 heavy (non-hydrogen) atoms. The number of rotatable bonds is 2. The summed E-state index contributed by atoms with van der Waals surface area (Å²) in [7, 11) is 1.73. The molecular weight excluding hydrogens is 319 g/mol. The predicted molar refractivity (Wildman–Crippen MR) is 87.5 cm³/mol. The minimum absolute atomic E-state index is 0.0609. The molecule has 0 atom stereocenters. The lowest BCUT2D eigenvalue weighted by Gasteiger charge is -2.26. The molecule has 2 amide bonds. The van der Waals surface area contributed by atoms with Gasteiger partial charge in [0.05, 0.1) is 10.6 Å². The second-order valence-corrected chi connectivity index (χ2v) is 5.78. The zero-order chi connectivity index (χ0) is 16.6. The first-order valence-electron chi connectivity index (χ1n) is 7.11. The van der Waals surface area contributed by atoms with Crippen molar-refractivity contribution in [3.63, 3.8) is 0 Å². The van der Waals surface area contributed by atoms with E-state index >= 15 is 0 Å². The average Bonchev–Trinajstić information content (AvgIpc) is 2.51. The number of hydrogen-bond acceptors (Lipinski definition) is 2. The molecule has 2 aromatic carbocycles. The number of nitrogens with one attached hydrogen (secondary N) is 1. The monoisotopic (exact) mass is 332 g/mol. The van der Waals surface area contributed by atoms with Crippen molar-refractivity contribution >= 4 is 34.8 Å². The van der Waals surface area contributed by atoms with Crippen LogP contribution >= 0.6 is 11.6 Å². The minimum Gasteiger partial charge on any atom is -0.322 e. The van der Waals surface area contributed by atoms with Crippen LogP contribution < -0.4 is 10.2 Å². The van der Waals surface area contributed by atoms with Crippen molar-refractivity contribution < 1.29 is 14.0 Å². The molecule has 0 radical (unpaired) electrons. The van der Waals surface area contributed by atoms with Crippen LogP contribution in [0.4, 0.5) is 15.8 Å². The molecule has 4 nitrogen and oxygen atoms in total. The molecule has 0 saturated heterocycles. The highest BCUT2D eigenvalue weighted by Crippen LogP contribution is 2.29. The van der Waals surface area contributed by atoms with Gasteiger partial charge in [0.15, 0.2) is 0 Å². The molecular formula is C17H14ClFN2O2. The number of benzene rings is 2. The Labute approximate surface area is 137 Å². The van der Waals surface area contributed by atoms with E-state index in [9.17, 15) is 14.0 Å². The topological polar surface area (TPSA) is 49.4 Å². The van der Waals surface area contributed by atoms with Crippen molar-refractivity contribution in [2.75, 3.05) is 17.3 Å². The van der Waals surface area contributed by atoms with E-state index in [1.165, 1.54) is 12.1 Å². The number of carbonyl (C=O) groups is 2. The van der Waals surface area contributed by atoms with E-state index < -0.39 is 11.7 Å². The number of halogens is 2. The molecule has 1 N–H and O–H groups in total. The zero-order valence-electron chi connectivity index (χ0n) is 12.4. The Morgan fingerprint density at radius 1 is 1.22 bits per heavy atom. The molecule has 0 saturated carbocycles. The van der Waals surface area contributed by atoms with Gasteiger partial charge in [-0.15, -0.1) is 0 Å². The number of nitrogens with zero attached hydrogens (tertiary/aromatic N) is 1. The molecule has 0 spiro atoms. The van der Waals surface area contributed by atoms with Crippen LogP contribution in [-0.2, 0) is 11.2 Å². The van der Waals surface area contributed by atoms with Gasteiger partial charge < -0.3 is 10.2 Å². The van der Waals surface area contributed by atoms with Crippen LogP contribution in [-0.4, -0.2) is 18.9 Å². The van der Waals surface area contributed by atoms with E-state index in [1.54, 1.807) is 24.1 Å². The third-order valence-corrected chi connectivity index (χ3v) is 4.17. The molecule has 1 heterocycles. The van der Waals surface area contributed by atoms with E-state index in [1.807, 2.05) is 6.07 Å². The molecule has 3 rings (SSSR count). The van der Waals surface area contributed by atoms with Crippen LogP contribution in [0.3, 0.4) is 0 Å². The Morgan fingerprint density at radius 3 is 2.74 bits per heavy atom. The van der Waals surface area contributed by atoms with Crippen molar-refractivity contribution in [3.8, 4) is 0 Å². The van der Waals surface area contributed by atoms with Gasteiger partial charge in [0.2, 0.25) is 5.91 Å². The summed E-state index contributed by atoms with van der Waals surface area (Å²) in [6, 6.07) is 9.00. The predicted octanol–water partition coefficient (Wildman–Crippen LogP) is 3.64. The summed E-state index contributed by atoms with van der Waals surface area (Å²) in [6.07, 6.45) is 1.09. The standard InChI is InChI=1S/C17H14ClFN2O2/c1-21-15-6-4-12(8-10(15)2-7-16(21)22)20-17(23)13-5-3-11(19)9-14(13)18/h3-6,8-9H,2,7H2,1H3,(H,20,23). The van der Waals surface area contributed by atoms with Gasteiger partial charge in [0, 0.05) is 24.8 Å². The SMILES string of the molecule is CN1C(=O)CCc2cc(NC(=O)c3ccc(F)cc3Cl)ccc21. The quantitative estimate of drug-likeness (QED) is 0.912. The number of hydrogen-bond donors (Lipinski definition) is 1. The van der Waals surface area contributed by atoms with Gasteiger partial charge in [0.25, 0.3) is 5.91 Å². The maximum Gasteiger partial charge on any atom is 0.257 e. The fourth-order valence-corrected chi connectivity index (χ4v) is 2.86. The summed E-state index contributed by atoms with van der Waals surface area (Å²) in [5.74, 6) is -0.824. The van der Waals surface area contributed by atoms with Crippen LogP contribution in [0.5, 0.6) is 0 Å². The van der Waals surface area contributed by atoms with Gasteiger partial charge in [-0.1, -0.05) is 11.6 Å². The van der Waals surface area contributed by atoms with Gasteiger partial charge >= 0.3 is 0 Å². The van der Waals surface area contributed by atoms with Gasteiger partial charge in [-0.3, -0.25) is 9.59 Å². The lowest BCUT2D eigenvalue weighted by molar-refractivity contribution is -0.118. The third-order valence-electron chi connectivity index (χ3n) is 3.86. The number of fused-ring (bicyclic) bond motifs is 1. The number of carbonyl (C=O) groups excluding carboxylic acids is 2. The van der Waals surface area contributed by atoms with E-state index in [0.29, 0.717) is 18.5 Å². The molecule has 0 bridgehead atoms. The highest BCUT2D eigenvalue weighted by molar-refractivity contribution is 6.34. The fourth-order valence-electron chi connectivity index (χ4n) is 2.61. The Kier molecular flexibility index (Phi) is 4.05. The van der Waals surface area contributed by atoms with Crippen LogP contribution in [0.1, 0.15) is 22.3 Å². The van der Waals surface area contributed by atoms with Gasteiger partial charge in [0.1, 0.15) is 5.82 Å². The van der Waals surface area contributed by atoms with Crippen LogP contribution in [0, 0.1) is 5.82 Å². The van der Waals surface area contributed by atoms with Crippen LogP contribution in [0.2, 0.25) is 5.02 Å². The molecule has 0 fully saturated rings. The number of amides is 2. The van der Waals surface area contributed by atoms with Gasteiger partial charge in [-0.05, 0) is 48.4 Å². The normalized spacial score (nSPS) is 13.7. The molecule has 0 aromatic heterocycles. The summed E-state index contributed by atoms with van der Waals surface area (Å²) in [6.45, 7) is 0. The first-order valence-corrected chi connectivity index (χ1v) is 7.49. The number of aryl methyl sites for hydroxylation is 1. The summed E-state index contributed by atoms with van der Waals surface area (Å²) in [5, 5.41) is 2.81. The van der Waals surface area contributed by atoms with Crippen molar-refractivity contribution in [2.45, 2.75) is 12.8 Å². The summed E-state index contributed by atoms with van der Waals surface area (Å²) in [4.78, 5) is 25.5. The second-order valence-electron chi connectivity index (χ2n) is 5.37. The van der Waals surface area contributed by atoms with Crippen molar-refractivity contribution in [3.05, 3.63) is 58.4 Å². The van der Waals surface area contributed by atoms with E-state index in [-0.39, 0.29) is 16.5 Å². The van der Waals surface area contributed by atoms with Crippen LogP contribution in [0.15, 0.2) is 36.4 Å². The third kappa shape index (κ3) is 3.05. The summed E-state index contributed by atoms with van der Waals surface area (Å²) < 4.78 is 13.0. The molecule has 118 valence electrons.